The summed E-state index contributed by atoms with van der Waals surface area (Å²) < 4.78 is 40.7. The molecule has 0 saturated carbocycles. The van der Waals surface area contributed by atoms with Crippen LogP contribution < -0.4 is 15.5 Å². The summed E-state index contributed by atoms with van der Waals surface area (Å²) in [7, 11) is 0. The van der Waals surface area contributed by atoms with Crippen LogP contribution in [-0.4, -0.2) is 53.9 Å². The van der Waals surface area contributed by atoms with E-state index in [1.807, 2.05) is 47.6 Å². The molecular weight excluding hydrogens is 506 g/mol. The molecule has 0 aromatic carbocycles. The lowest BCUT2D eigenvalue weighted by Crippen LogP contribution is -2.37. The number of carbonyl (C=O) groups is 1. The predicted octanol–water partition coefficient (Wildman–Crippen LogP) is 5.40. The lowest BCUT2D eigenvalue weighted by atomic mass is 9.90. The van der Waals surface area contributed by atoms with Crippen molar-refractivity contribution < 1.29 is 23.0 Å². The molecule has 3 heterocycles. The van der Waals surface area contributed by atoms with Crippen molar-refractivity contribution in [2.24, 2.45) is 11.8 Å². The van der Waals surface area contributed by atoms with Crippen molar-refractivity contribution in [2.45, 2.75) is 66.0 Å². The lowest BCUT2D eigenvalue weighted by Gasteiger charge is -2.28. The molecule has 11 heteroatoms. The van der Waals surface area contributed by atoms with Gasteiger partial charge < -0.3 is 25.0 Å². The number of rotatable bonds is 10. The molecule has 1 saturated heterocycles. The SMILES string of the molecule is CC(C)C[C@@H](Nc1nc(Nc2cnc(N3CCOCC3)c(F)c2)c(C#N)cc1F)[C@H](C)CC(=O)OC(C)(C)C. The minimum atomic E-state index is -0.706. The molecule has 39 heavy (non-hydrogen) atoms. The number of esters is 1. The Balaban J connectivity index is 1.82. The molecule has 2 aromatic heterocycles. The van der Waals surface area contributed by atoms with Gasteiger partial charge in [0.25, 0.3) is 0 Å². The van der Waals surface area contributed by atoms with Gasteiger partial charge in [-0.3, -0.25) is 4.79 Å². The highest BCUT2D eigenvalue weighted by Gasteiger charge is 2.26. The number of hydrogen-bond acceptors (Lipinski definition) is 9. The topological polar surface area (TPSA) is 112 Å². The van der Waals surface area contributed by atoms with Crippen LogP contribution in [0.5, 0.6) is 0 Å². The highest BCUT2D eigenvalue weighted by molar-refractivity contribution is 5.70. The van der Waals surface area contributed by atoms with Gasteiger partial charge >= 0.3 is 5.97 Å². The van der Waals surface area contributed by atoms with E-state index in [0.29, 0.717) is 32.7 Å². The summed E-state index contributed by atoms with van der Waals surface area (Å²) in [5.41, 5.74) is -0.380. The molecule has 0 unspecified atom stereocenters. The summed E-state index contributed by atoms with van der Waals surface area (Å²) in [6.45, 7) is 13.5. The maximum Gasteiger partial charge on any atom is 0.306 e. The first kappa shape index (κ1) is 30.0. The fraction of sp³-hybridized carbons (Fsp3) is 0.571. The molecule has 212 valence electrons. The Morgan fingerprint density at radius 3 is 2.46 bits per heavy atom. The molecule has 2 atom stereocenters. The lowest BCUT2D eigenvalue weighted by molar-refractivity contribution is -0.156. The van der Waals surface area contributed by atoms with Crippen LogP contribution in [0.4, 0.5) is 31.9 Å². The number of morpholine rings is 1. The minimum absolute atomic E-state index is 0.0436. The molecule has 0 spiro atoms. The van der Waals surface area contributed by atoms with E-state index in [0.717, 1.165) is 6.07 Å². The zero-order chi connectivity index (χ0) is 28.7. The Hall–Kier alpha value is -3.52. The Bertz CT molecular complexity index is 1190. The van der Waals surface area contributed by atoms with E-state index in [2.05, 4.69) is 20.6 Å². The van der Waals surface area contributed by atoms with Crippen molar-refractivity contribution in [3.63, 3.8) is 0 Å². The molecule has 9 nitrogen and oxygen atoms in total. The zero-order valence-corrected chi connectivity index (χ0v) is 23.5. The first-order valence-electron chi connectivity index (χ1n) is 13.2. The monoisotopic (exact) mass is 544 g/mol. The Kier molecular flexibility index (Phi) is 10.0. The smallest absolute Gasteiger partial charge is 0.306 e. The second-order valence-corrected chi connectivity index (χ2v) is 11.2. The second-order valence-electron chi connectivity index (χ2n) is 11.2. The van der Waals surface area contributed by atoms with Gasteiger partial charge in [0.1, 0.15) is 11.7 Å². The Morgan fingerprint density at radius 2 is 1.87 bits per heavy atom. The number of anilines is 4. The van der Waals surface area contributed by atoms with Gasteiger partial charge in [0, 0.05) is 25.2 Å². The van der Waals surface area contributed by atoms with Crippen molar-refractivity contribution in [2.75, 3.05) is 41.8 Å². The van der Waals surface area contributed by atoms with Gasteiger partial charge in [-0.25, -0.2) is 18.7 Å². The Morgan fingerprint density at radius 1 is 1.18 bits per heavy atom. The maximum atomic E-state index is 15.0. The van der Waals surface area contributed by atoms with E-state index in [1.54, 1.807) is 4.90 Å². The fourth-order valence-corrected chi connectivity index (χ4v) is 4.32. The molecule has 2 aromatic rings. The number of pyridine rings is 2. The van der Waals surface area contributed by atoms with Crippen molar-refractivity contribution in [1.29, 1.82) is 5.26 Å². The van der Waals surface area contributed by atoms with Crippen LogP contribution in [-0.2, 0) is 14.3 Å². The number of nitriles is 1. The number of carbonyl (C=O) groups excluding carboxylic acids is 1. The first-order chi connectivity index (χ1) is 18.4. The maximum absolute atomic E-state index is 15.0. The van der Waals surface area contributed by atoms with Gasteiger partial charge in [0.15, 0.2) is 29.1 Å². The molecule has 1 fully saturated rings. The van der Waals surface area contributed by atoms with Crippen LogP contribution in [0.25, 0.3) is 0 Å². The first-order valence-corrected chi connectivity index (χ1v) is 13.2. The molecule has 0 aliphatic carbocycles. The molecule has 3 rings (SSSR count). The molecule has 0 radical (unpaired) electrons. The van der Waals surface area contributed by atoms with Crippen LogP contribution in [0.3, 0.4) is 0 Å². The van der Waals surface area contributed by atoms with Gasteiger partial charge in [-0.2, -0.15) is 5.26 Å². The Labute approximate surface area is 228 Å². The third-order valence-corrected chi connectivity index (χ3v) is 6.13. The van der Waals surface area contributed by atoms with Crippen LogP contribution >= 0.6 is 0 Å². The summed E-state index contributed by atoms with van der Waals surface area (Å²) in [5, 5.41) is 15.6. The molecule has 1 aliphatic rings. The van der Waals surface area contributed by atoms with E-state index < -0.39 is 17.2 Å². The third-order valence-electron chi connectivity index (χ3n) is 6.13. The van der Waals surface area contributed by atoms with Gasteiger partial charge in [-0.1, -0.05) is 20.8 Å². The van der Waals surface area contributed by atoms with Crippen LogP contribution in [0, 0.1) is 34.8 Å². The highest BCUT2D eigenvalue weighted by atomic mass is 19.1. The normalized spacial score (nSPS) is 15.4. The van der Waals surface area contributed by atoms with E-state index in [-0.39, 0.29) is 59.0 Å². The van der Waals surface area contributed by atoms with Gasteiger partial charge in [0.05, 0.1) is 37.1 Å². The molecule has 2 N–H and O–H groups in total. The van der Waals surface area contributed by atoms with Crippen LogP contribution in [0.15, 0.2) is 18.3 Å². The number of hydrogen-bond donors (Lipinski definition) is 2. The molecule has 0 amide bonds. The highest BCUT2D eigenvalue weighted by Crippen LogP contribution is 2.28. The summed E-state index contributed by atoms with van der Waals surface area (Å²) in [5.74, 6) is -1.31. The fourth-order valence-electron chi connectivity index (χ4n) is 4.32. The third kappa shape index (κ3) is 8.75. The zero-order valence-electron chi connectivity index (χ0n) is 23.5. The summed E-state index contributed by atoms with van der Waals surface area (Å²) in [6, 6.07) is 3.97. The number of ether oxygens (including phenoxy) is 2. The molecule has 1 aliphatic heterocycles. The number of aromatic nitrogens is 2. The van der Waals surface area contributed by atoms with E-state index in [4.69, 9.17) is 9.47 Å². The van der Waals surface area contributed by atoms with E-state index in [9.17, 15) is 14.4 Å². The van der Waals surface area contributed by atoms with Crippen LogP contribution in [0.2, 0.25) is 0 Å². The summed E-state index contributed by atoms with van der Waals surface area (Å²) in [4.78, 5) is 22.8. The predicted molar refractivity (Wildman–Crippen MR) is 146 cm³/mol. The average Bonchev–Trinajstić information content (AvgIpc) is 2.84. The van der Waals surface area contributed by atoms with Crippen molar-refractivity contribution in [3.8, 4) is 6.07 Å². The van der Waals surface area contributed by atoms with Crippen molar-refractivity contribution >= 4 is 29.1 Å². The largest absolute Gasteiger partial charge is 0.460 e. The van der Waals surface area contributed by atoms with Crippen LogP contribution in [0.1, 0.15) is 59.9 Å². The summed E-state index contributed by atoms with van der Waals surface area (Å²) >= 11 is 0. The molecular formula is C28H38F2N6O3. The van der Waals surface area contributed by atoms with E-state index >= 15 is 4.39 Å². The number of nitrogens with one attached hydrogen (secondary N) is 2. The average molecular weight is 545 g/mol. The minimum Gasteiger partial charge on any atom is -0.460 e. The van der Waals surface area contributed by atoms with Gasteiger partial charge in [-0.05, 0) is 45.1 Å². The second kappa shape index (κ2) is 13.0. The summed E-state index contributed by atoms with van der Waals surface area (Å²) in [6.07, 6.45) is 2.23. The number of halogens is 2. The number of nitrogens with zero attached hydrogens (tertiary/aromatic N) is 4. The van der Waals surface area contributed by atoms with Crippen molar-refractivity contribution in [1.82, 2.24) is 9.97 Å². The molecule has 0 bridgehead atoms. The van der Waals surface area contributed by atoms with Crippen molar-refractivity contribution in [3.05, 3.63) is 35.5 Å². The van der Waals surface area contributed by atoms with Gasteiger partial charge in [-0.15, -0.1) is 0 Å². The van der Waals surface area contributed by atoms with E-state index in [1.165, 1.54) is 12.3 Å². The standard InChI is InChI=1S/C28H38F2N6O3/c1-17(2)11-23(18(3)12-24(37)39-28(4,5)6)34-26-21(29)13-19(15-31)25(35-26)33-20-14-22(30)27(32-16-20)36-7-9-38-10-8-36/h13-14,16-18,23H,7-12H2,1-6H3,(H2,33,34,35)/t18-,23-/m1/s1. The quantitative estimate of drug-likeness (QED) is 0.380. The van der Waals surface area contributed by atoms with Gasteiger partial charge in [0.2, 0.25) is 0 Å².